The summed E-state index contributed by atoms with van der Waals surface area (Å²) >= 11 is 0. The summed E-state index contributed by atoms with van der Waals surface area (Å²) in [5, 5.41) is 12.6. The zero-order valence-electron chi connectivity index (χ0n) is 15.3. The zero-order valence-corrected chi connectivity index (χ0v) is 15.3. The first-order valence-electron chi connectivity index (χ1n) is 9.94. The lowest BCUT2D eigenvalue weighted by atomic mass is 9.80. The van der Waals surface area contributed by atoms with Crippen molar-refractivity contribution in [3.05, 3.63) is 34.2 Å². The summed E-state index contributed by atoms with van der Waals surface area (Å²) in [6, 6.07) is 5.67. The SMILES string of the molecule is O=C(O)C[C@@H]1CCNC[C@@H]1CCN1C[C@@H]2C[C@H](C1)c1cccc(=O)n1C2. The number of fused-ring (bicyclic) bond motifs is 4. The lowest BCUT2D eigenvalue weighted by Crippen LogP contribution is -2.48. The van der Waals surface area contributed by atoms with E-state index in [4.69, 9.17) is 5.11 Å². The van der Waals surface area contributed by atoms with Crippen LogP contribution in [-0.2, 0) is 11.3 Å². The van der Waals surface area contributed by atoms with Crippen molar-refractivity contribution >= 4 is 5.97 Å². The number of pyridine rings is 1. The molecule has 6 heteroatoms. The number of aromatic nitrogens is 1. The number of rotatable bonds is 5. The highest BCUT2D eigenvalue weighted by molar-refractivity contribution is 5.67. The Morgan fingerprint density at radius 2 is 2.12 bits per heavy atom. The molecule has 4 atom stereocenters. The van der Waals surface area contributed by atoms with Crippen LogP contribution in [0.25, 0.3) is 0 Å². The number of aliphatic carboxylic acids is 1. The lowest BCUT2D eigenvalue weighted by molar-refractivity contribution is -0.138. The van der Waals surface area contributed by atoms with E-state index in [9.17, 15) is 9.59 Å². The van der Waals surface area contributed by atoms with Gasteiger partial charge in [0.15, 0.2) is 0 Å². The molecule has 0 aromatic carbocycles. The Morgan fingerprint density at radius 1 is 1.23 bits per heavy atom. The fourth-order valence-corrected chi connectivity index (χ4v) is 5.33. The summed E-state index contributed by atoms with van der Waals surface area (Å²) in [6.45, 7) is 5.83. The second kappa shape index (κ2) is 7.53. The second-order valence-corrected chi connectivity index (χ2v) is 8.36. The first-order valence-corrected chi connectivity index (χ1v) is 9.94. The standard InChI is InChI=1S/C20H29N3O3/c24-19-3-1-2-18-17-8-14(12-23(18)19)11-22(13-17)7-5-16-10-21-6-4-15(16)9-20(25)26/h1-3,14-17,21H,4-13H2,(H,25,26)/t14-,15-,16-,17+/m0/s1. The Bertz CT molecular complexity index is 716. The number of carbonyl (C=O) groups is 1. The van der Waals surface area contributed by atoms with Crippen molar-refractivity contribution in [3.8, 4) is 0 Å². The van der Waals surface area contributed by atoms with Gasteiger partial charge >= 0.3 is 5.97 Å². The van der Waals surface area contributed by atoms with Crippen LogP contribution < -0.4 is 10.9 Å². The van der Waals surface area contributed by atoms with Gasteiger partial charge < -0.3 is 19.9 Å². The Hall–Kier alpha value is -1.66. The van der Waals surface area contributed by atoms with Crippen LogP contribution in [0.5, 0.6) is 0 Å². The van der Waals surface area contributed by atoms with Crippen LogP contribution in [-0.4, -0.2) is 53.3 Å². The van der Waals surface area contributed by atoms with Crippen LogP contribution in [0.15, 0.2) is 23.0 Å². The van der Waals surface area contributed by atoms with Crippen molar-refractivity contribution in [2.75, 3.05) is 32.7 Å². The molecular weight excluding hydrogens is 330 g/mol. The van der Waals surface area contributed by atoms with E-state index in [2.05, 4.69) is 16.3 Å². The van der Waals surface area contributed by atoms with Gasteiger partial charge in [0, 0.05) is 43.7 Å². The van der Waals surface area contributed by atoms with Crippen molar-refractivity contribution in [1.29, 1.82) is 0 Å². The van der Waals surface area contributed by atoms with Crippen molar-refractivity contribution in [3.63, 3.8) is 0 Å². The third kappa shape index (κ3) is 3.71. The monoisotopic (exact) mass is 359 g/mol. The molecule has 2 fully saturated rings. The van der Waals surface area contributed by atoms with Gasteiger partial charge in [0.05, 0.1) is 0 Å². The van der Waals surface area contributed by atoms with Gasteiger partial charge in [0.2, 0.25) is 0 Å². The second-order valence-electron chi connectivity index (χ2n) is 8.36. The molecule has 1 aromatic rings. The number of likely N-dealkylation sites (tertiary alicyclic amines) is 1. The molecule has 142 valence electrons. The Labute approximate surface area is 154 Å². The summed E-state index contributed by atoms with van der Waals surface area (Å²) < 4.78 is 1.98. The van der Waals surface area contributed by atoms with Gasteiger partial charge in [-0.25, -0.2) is 0 Å². The van der Waals surface area contributed by atoms with E-state index < -0.39 is 5.97 Å². The van der Waals surface area contributed by atoms with Crippen molar-refractivity contribution in [2.24, 2.45) is 17.8 Å². The largest absolute Gasteiger partial charge is 0.481 e. The van der Waals surface area contributed by atoms with Gasteiger partial charge in [0.25, 0.3) is 5.56 Å². The quantitative estimate of drug-likeness (QED) is 0.830. The first kappa shape index (κ1) is 17.7. The Balaban J connectivity index is 1.38. The maximum Gasteiger partial charge on any atom is 0.303 e. The third-order valence-electron chi connectivity index (χ3n) is 6.57. The van der Waals surface area contributed by atoms with Gasteiger partial charge in [-0.05, 0) is 62.7 Å². The van der Waals surface area contributed by atoms with Crippen LogP contribution >= 0.6 is 0 Å². The van der Waals surface area contributed by atoms with E-state index in [-0.39, 0.29) is 5.56 Å². The highest BCUT2D eigenvalue weighted by atomic mass is 16.4. The molecule has 3 aliphatic rings. The zero-order chi connectivity index (χ0) is 18.1. The molecule has 4 rings (SSSR count). The highest BCUT2D eigenvalue weighted by Gasteiger charge is 2.35. The number of hydrogen-bond donors (Lipinski definition) is 2. The molecule has 2 saturated heterocycles. The molecule has 2 N–H and O–H groups in total. The van der Waals surface area contributed by atoms with E-state index in [0.717, 1.165) is 52.1 Å². The summed E-state index contributed by atoms with van der Waals surface area (Å²) in [7, 11) is 0. The number of carboxylic acid groups (broad SMARTS) is 1. The van der Waals surface area contributed by atoms with Gasteiger partial charge in [-0.3, -0.25) is 9.59 Å². The van der Waals surface area contributed by atoms with Gasteiger partial charge in [-0.15, -0.1) is 0 Å². The smallest absolute Gasteiger partial charge is 0.303 e. The molecule has 3 aliphatic heterocycles. The highest BCUT2D eigenvalue weighted by Crippen LogP contribution is 2.35. The van der Waals surface area contributed by atoms with E-state index in [0.29, 0.717) is 30.1 Å². The van der Waals surface area contributed by atoms with E-state index in [1.54, 1.807) is 6.07 Å². The van der Waals surface area contributed by atoms with Gasteiger partial charge in [-0.2, -0.15) is 0 Å². The van der Waals surface area contributed by atoms with E-state index >= 15 is 0 Å². The fraction of sp³-hybridized carbons (Fsp3) is 0.700. The molecule has 0 aliphatic carbocycles. The molecule has 1 aromatic heterocycles. The normalized spacial score (nSPS) is 31.4. The molecule has 6 nitrogen and oxygen atoms in total. The van der Waals surface area contributed by atoms with Crippen LogP contribution in [0.2, 0.25) is 0 Å². The summed E-state index contributed by atoms with van der Waals surface area (Å²) in [5.74, 6) is 1.10. The fourth-order valence-electron chi connectivity index (χ4n) is 5.33. The molecule has 0 spiro atoms. The predicted molar refractivity (Wildman–Crippen MR) is 99.3 cm³/mol. The molecule has 0 saturated carbocycles. The van der Waals surface area contributed by atoms with Crippen LogP contribution in [0.1, 0.15) is 37.3 Å². The minimum absolute atomic E-state index is 0.135. The average molecular weight is 359 g/mol. The number of piperidine rings is 2. The van der Waals surface area contributed by atoms with Crippen molar-refractivity contribution in [2.45, 2.75) is 38.1 Å². The number of carboxylic acids is 1. The Morgan fingerprint density at radius 3 is 2.96 bits per heavy atom. The molecule has 2 bridgehead atoms. The maximum absolute atomic E-state index is 12.1. The average Bonchev–Trinajstić information content (AvgIpc) is 2.61. The van der Waals surface area contributed by atoms with Crippen molar-refractivity contribution < 1.29 is 9.90 Å². The molecule has 0 radical (unpaired) electrons. The predicted octanol–water partition coefficient (Wildman–Crippen LogP) is 1.36. The molecule has 0 amide bonds. The third-order valence-corrected chi connectivity index (χ3v) is 6.57. The van der Waals surface area contributed by atoms with Crippen LogP contribution in [0.3, 0.4) is 0 Å². The summed E-state index contributed by atoms with van der Waals surface area (Å²) in [6.07, 6.45) is 3.52. The van der Waals surface area contributed by atoms with Crippen molar-refractivity contribution in [1.82, 2.24) is 14.8 Å². The number of hydrogen-bond acceptors (Lipinski definition) is 4. The van der Waals surface area contributed by atoms with Gasteiger partial charge in [0.1, 0.15) is 0 Å². The minimum atomic E-state index is -0.670. The minimum Gasteiger partial charge on any atom is -0.481 e. The molecule has 0 unspecified atom stereocenters. The van der Waals surface area contributed by atoms with Gasteiger partial charge in [-0.1, -0.05) is 6.07 Å². The van der Waals surface area contributed by atoms with Crippen LogP contribution in [0, 0.1) is 17.8 Å². The van der Waals surface area contributed by atoms with E-state index in [1.165, 1.54) is 12.1 Å². The molecular formula is C20H29N3O3. The molecule has 4 heterocycles. The van der Waals surface area contributed by atoms with Crippen LogP contribution in [0.4, 0.5) is 0 Å². The summed E-state index contributed by atoms with van der Waals surface area (Å²) in [4.78, 5) is 25.8. The lowest BCUT2D eigenvalue weighted by Gasteiger charge is -2.43. The number of nitrogens with zero attached hydrogens (tertiary/aromatic N) is 2. The first-order chi connectivity index (χ1) is 12.6. The number of nitrogens with one attached hydrogen (secondary N) is 1. The summed E-state index contributed by atoms with van der Waals surface area (Å²) in [5.41, 5.74) is 1.33. The Kier molecular flexibility index (Phi) is 5.14. The maximum atomic E-state index is 12.1. The topological polar surface area (TPSA) is 74.6 Å². The molecule has 26 heavy (non-hydrogen) atoms. The van der Waals surface area contributed by atoms with E-state index in [1.807, 2.05) is 10.6 Å².